The van der Waals surface area contributed by atoms with Crippen LogP contribution >= 0.6 is 23.5 Å². The lowest BCUT2D eigenvalue weighted by atomic mass is 10.1. The fraction of sp³-hybridized carbons (Fsp3) is 0.875. The highest BCUT2D eigenvalue weighted by atomic mass is 35.5. The number of hydrogen-bond donors (Lipinski definition) is 0. The molecule has 0 amide bonds. The first-order chi connectivity index (χ1) is 5.77. The van der Waals surface area contributed by atoms with Crippen molar-refractivity contribution in [2.45, 2.75) is 38.5 Å². The minimum atomic E-state index is -0.237. The molecule has 0 radical (unpaired) electrons. The first-order valence-corrected chi connectivity index (χ1v) is 4.88. The first kappa shape index (κ1) is 12.2. The fourth-order valence-corrected chi connectivity index (χ4v) is 1.19. The van der Waals surface area contributed by atoms with E-state index >= 15 is 0 Å². The maximum absolute atomic E-state index is 10.3. The zero-order valence-corrected chi connectivity index (χ0v) is 8.53. The molecule has 0 spiro atoms. The van der Waals surface area contributed by atoms with Gasteiger partial charge in [-0.05, 0) is 24.4 Å². The van der Waals surface area contributed by atoms with E-state index in [1.54, 1.807) is 0 Å². The second-order valence-corrected chi connectivity index (χ2v) is 3.33. The minimum Gasteiger partial charge on any atom is -0.281 e. The molecule has 0 aromatic rings. The summed E-state index contributed by atoms with van der Waals surface area (Å²) in [5.74, 6) is 0. The normalized spacial score (nSPS) is 10.2. The molecule has 0 aliphatic carbocycles. The van der Waals surface area contributed by atoms with Gasteiger partial charge in [-0.3, -0.25) is 9.08 Å². The van der Waals surface area contributed by atoms with Gasteiger partial charge in [-0.15, -0.1) is 0 Å². The lowest BCUT2D eigenvalue weighted by Crippen LogP contribution is -1.88. The third kappa shape index (κ3) is 10.2. The lowest BCUT2D eigenvalue weighted by Gasteiger charge is -1.97. The van der Waals surface area contributed by atoms with Gasteiger partial charge >= 0.3 is 0 Å². The van der Waals surface area contributed by atoms with E-state index in [-0.39, 0.29) is 5.24 Å². The topological polar surface area (TPSA) is 26.3 Å². The van der Waals surface area contributed by atoms with Crippen LogP contribution in [-0.2, 0) is 9.08 Å². The largest absolute Gasteiger partial charge is 0.281 e. The fourth-order valence-electron chi connectivity index (χ4n) is 0.951. The zero-order chi connectivity index (χ0) is 9.23. The molecule has 0 fully saturated rings. The van der Waals surface area contributed by atoms with Crippen LogP contribution in [0.15, 0.2) is 0 Å². The molecule has 0 saturated heterocycles. The van der Waals surface area contributed by atoms with E-state index in [4.69, 9.17) is 23.5 Å². The highest BCUT2D eigenvalue weighted by Crippen LogP contribution is 2.06. The number of rotatable bonds is 8. The van der Waals surface area contributed by atoms with Gasteiger partial charge in [0.05, 0.1) is 18.5 Å². The Morgan fingerprint density at radius 3 is 2.25 bits per heavy atom. The Kier molecular flexibility index (Phi) is 9.46. The van der Waals surface area contributed by atoms with Crippen molar-refractivity contribution in [1.29, 1.82) is 0 Å². The molecular weight excluding hydrogens is 199 g/mol. The Morgan fingerprint density at radius 2 is 1.67 bits per heavy atom. The molecule has 4 heteroatoms. The molecule has 0 heterocycles. The van der Waals surface area contributed by atoms with Gasteiger partial charge in [0.2, 0.25) is 5.24 Å². The molecule has 0 aliphatic heterocycles. The standard InChI is InChI=1S/C8H14Cl2O2/c9-8(11)6-4-2-1-3-5-7-12-10/h1-7H2. The number of halogens is 2. The molecule has 0 saturated carbocycles. The van der Waals surface area contributed by atoms with Gasteiger partial charge in [0.25, 0.3) is 0 Å². The number of hydrogen-bond acceptors (Lipinski definition) is 2. The monoisotopic (exact) mass is 212 g/mol. The van der Waals surface area contributed by atoms with Gasteiger partial charge in [0, 0.05) is 6.42 Å². The van der Waals surface area contributed by atoms with Crippen molar-refractivity contribution >= 4 is 28.7 Å². The van der Waals surface area contributed by atoms with E-state index in [2.05, 4.69) is 4.29 Å². The van der Waals surface area contributed by atoms with Crippen LogP contribution in [0.3, 0.4) is 0 Å². The van der Waals surface area contributed by atoms with Crippen molar-refractivity contribution in [2.75, 3.05) is 6.61 Å². The van der Waals surface area contributed by atoms with Gasteiger partial charge in [0.15, 0.2) is 0 Å². The molecule has 0 bridgehead atoms. The first-order valence-electron chi connectivity index (χ1n) is 4.19. The summed E-state index contributed by atoms with van der Waals surface area (Å²) in [6.07, 6.45) is 5.64. The van der Waals surface area contributed by atoms with Crippen LogP contribution in [0.5, 0.6) is 0 Å². The molecule has 0 rings (SSSR count). The Balaban J connectivity index is 2.86. The summed E-state index contributed by atoms with van der Waals surface area (Å²) in [7, 11) is 0. The zero-order valence-electron chi connectivity index (χ0n) is 7.02. The van der Waals surface area contributed by atoms with Crippen molar-refractivity contribution in [2.24, 2.45) is 0 Å². The van der Waals surface area contributed by atoms with Crippen molar-refractivity contribution in [3.8, 4) is 0 Å². The molecule has 0 atom stereocenters. The minimum absolute atomic E-state index is 0.237. The van der Waals surface area contributed by atoms with E-state index in [1.807, 2.05) is 0 Å². The maximum atomic E-state index is 10.3. The molecular formula is C8H14Cl2O2. The average molecular weight is 213 g/mol. The number of carbonyl (C=O) groups is 1. The summed E-state index contributed by atoms with van der Waals surface area (Å²) >= 11 is 10.2. The highest BCUT2D eigenvalue weighted by Gasteiger charge is 1.95. The van der Waals surface area contributed by atoms with Crippen LogP contribution in [0.25, 0.3) is 0 Å². The second kappa shape index (κ2) is 9.30. The Bertz CT molecular complexity index is 118. The number of unbranched alkanes of at least 4 members (excludes halogenated alkanes) is 4. The van der Waals surface area contributed by atoms with Gasteiger partial charge in [-0.25, -0.2) is 0 Å². The molecule has 0 unspecified atom stereocenters. The molecule has 72 valence electrons. The van der Waals surface area contributed by atoms with Gasteiger partial charge in [-0.2, -0.15) is 0 Å². The van der Waals surface area contributed by atoms with Crippen LogP contribution in [0.4, 0.5) is 0 Å². The van der Waals surface area contributed by atoms with E-state index < -0.39 is 0 Å². The Labute approximate surface area is 83.3 Å². The van der Waals surface area contributed by atoms with Crippen LogP contribution < -0.4 is 0 Å². The van der Waals surface area contributed by atoms with E-state index in [1.165, 1.54) is 0 Å². The highest BCUT2D eigenvalue weighted by molar-refractivity contribution is 6.63. The van der Waals surface area contributed by atoms with E-state index in [0.29, 0.717) is 13.0 Å². The summed E-state index contributed by atoms with van der Waals surface area (Å²) in [5.41, 5.74) is 0. The predicted molar refractivity (Wildman–Crippen MR) is 50.4 cm³/mol. The lowest BCUT2D eigenvalue weighted by molar-refractivity contribution is -0.111. The summed E-state index contributed by atoms with van der Waals surface area (Å²) < 4.78 is 4.38. The molecule has 0 aliphatic rings. The van der Waals surface area contributed by atoms with Crippen LogP contribution in [0.1, 0.15) is 38.5 Å². The summed E-state index contributed by atoms with van der Waals surface area (Å²) in [5, 5.41) is -0.237. The van der Waals surface area contributed by atoms with Gasteiger partial charge in [-0.1, -0.05) is 19.3 Å². The third-order valence-corrected chi connectivity index (χ3v) is 1.94. The Hall–Kier alpha value is 0.210. The second-order valence-electron chi connectivity index (χ2n) is 2.69. The molecule has 0 aromatic carbocycles. The SMILES string of the molecule is O=C(Cl)CCCCCCCOCl. The quantitative estimate of drug-likeness (QED) is 0.457. The number of carbonyl (C=O) groups excluding carboxylic acids is 1. The average Bonchev–Trinajstić information content (AvgIpc) is 2.02. The summed E-state index contributed by atoms with van der Waals surface area (Å²) in [4.78, 5) is 10.3. The van der Waals surface area contributed by atoms with E-state index in [0.717, 1.165) is 32.1 Å². The van der Waals surface area contributed by atoms with Crippen LogP contribution in [0.2, 0.25) is 0 Å². The van der Waals surface area contributed by atoms with Gasteiger partial charge < -0.3 is 0 Å². The summed E-state index contributed by atoms with van der Waals surface area (Å²) in [6, 6.07) is 0. The molecule has 2 nitrogen and oxygen atoms in total. The van der Waals surface area contributed by atoms with Gasteiger partial charge in [0.1, 0.15) is 0 Å². The van der Waals surface area contributed by atoms with Crippen molar-refractivity contribution in [3.63, 3.8) is 0 Å². The summed E-state index contributed by atoms with van der Waals surface area (Å²) in [6.45, 7) is 0.607. The smallest absolute Gasteiger partial charge is 0.221 e. The maximum Gasteiger partial charge on any atom is 0.221 e. The molecule has 0 aromatic heterocycles. The predicted octanol–water partition coefficient (Wildman–Crippen LogP) is 3.26. The van der Waals surface area contributed by atoms with E-state index in [9.17, 15) is 4.79 Å². The Morgan fingerprint density at radius 1 is 1.08 bits per heavy atom. The molecule has 12 heavy (non-hydrogen) atoms. The van der Waals surface area contributed by atoms with Crippen LogP contribution in [-0.4, -0.2) is 11.8 Å². The third-order valence-electron chi connectivity index (χ3n) is 1.59. The van der Waals surface area contributed by atoms with Crippen LogP contribution in [0, 0.1) is 0 Å². The van der Waals surface area contributed by atoms with Crippen molar-refractivity contribution in [1.82, 2.24) is 0 Å². The molecule has 0 N–H and O–H groups in total. The van der Waals surface area contributed by atoms with Crippen molar-refractivity contribution < 1.29 is 9.08 Å². The van der Waals surface area contributed by atoms with Crippen molar-refractivity contribution in [3.05, 3.63) is 0 Å².